The number of carbonyl (C=O) groups is 1. The first-order valence-electron chi connectivity index (χ1n) is 6.50. The molecule has 0 saturated heterocycles. The molecule has 108 valence electrons. The lowest BCUT2D eigenvalue weighted by Crippen LogP contribution is -2.23. The Kier molecular flexibility index (Phi) is 3.31. The lowest BCUT2D eigenvalue weighted by Gasteiger charge is -2.02. The van der Waals surface area contributed by atoms with Gasteiger partial charge in [0.1, 0.15) is 5.69 Å². The van der Waals surface area contributed by atoms with Crippen molar-refractivity contribution in [2.24, 2.45) is 7.05 Å². The van der Waals surface area contributed by atoms with E-state index in [9.17, 15) is 4.79 Å². The third kappa shape index (κ3) is 2.58. The summed E-state index contributed by atoms with van der Waals surface area (Å²) in [4.78, 5) is 12.1. The van der Waals surface area contributed by atoms with Crippen molar-refractivity contribution < 1.29 is 9.21 Å². The average molecular weight is 285 g/mol. The topological polar surface area (TPSA) is 88.7 Å². The molecule has 21 heavy (non-hydrogen) atoms. The van der Waals surface area contributed by atoms with Gasteiger partial charge in [0.05, 0.1) is 12.5 Å². The van der Waals surface area contributed by atoms with Crippen LogP contribution < -0.4 is 5.32 Å². The molecule has 3 aromatic rings. The molecular weight excluding hydrogens is 270 g/mol. The molecule has 0 radical (unpaired) electrons. The standard InChI is InChI=1S/C14H15N5O2/c1-9-10(8-16-19(9)2)7-15-14(20)12-6-11(17-18-12)13-4-3-5-21-13/h3-6,8H,7H2,1-2H3,(H,15,20)(H,17,18). The first-order chi connectivity index (χ1) is 10.1. The van der Waals surface area contributed by atoms with E-state index in [1.54, 1.807) is 35.3 Å². The predicted octanol–water partition coefficient (Wildman–Crippen LogP) is 1.64. The number of hydrogen-bond acceptors (Lipinski definition) is 4. The maximum atomic E-state index is 12.1. The second kappa shape index (κ2) is 5.28. The quantitative estimate of drug-likeness (QED) is 0.762. The van der Waals surface area contributed by atoms with Crippen LogP contribution in [0.1, 0.15) is 21.7 Å². The molecule has 0 atom stereocenters. The Morgan fingerprint density at radius 3 is 3.05 bits per heavy atom. The minimum Gasteiger partial charge on any atom is -0.463 e. The van der Waals surface area contributed by atoms with Crippen LogP contribution in [0.15, 0.2) is 35.1 Å². The molecule has 0 spiro atoms. The van der Waals surface area contributed by atoms with E-state index in [0.717, 1.165) is 11.3 Å². The molecule has 0 aliphatic rings. The van der Waals surface area contributed by atoms with E-state index in [-0.39, 0.29) is 5.91 Å². The minimum absolute atomic E-state index is 0.243. The number of aryl methyl sites for hydroxylation is 1. The van der Waals surface area contributed by atoms with Crippen LogP contribution in [-0.4, -0.2) is 25.9 Å². The second-order valence-corrected chi connectivity index (χ2v) is 4.71. The molecule has 0 saturated carbocycles. The van der Waals surface area contributed by atoms with Crippen molar-refractivity contribution in [1.82, 2.24) is 25.3 Å². The lowest BCUT2D eigenvalue weighted by atomic mass is 10.2. The number of carbonyl (C=O) groups excluding carboxylic acids is 1. The van der Waals surface area contributed by atoms with Crippen molar-refractivity contribution in [2.45, 2.75) is 13.5 Å². The molecule has 0 unspecified atom stereocenters. The molecule has 7 heteroatoms. The molecule has 0 fully saturated rings. The normalized spacial score (nSPS) is 10.8. The van der Waals surface area contributed by atoms with Gasteiger partial charge in [-0.3, -0.25) is 14.6 Å². The fourth-order valence-electron chi connectivity index (χ4n) is 1.98. The summed E-state index contributed by atoms with van der Waals surface area (Å²) in [5.41, 5.74) is 2.99. The highest BCUT2D eigenvalue weighted by atomic mass is 16.3. The van der Waals surface area contributed by atoms with Crippen LogP contribution in [0, 0.1) is 6.92 Å². The van der Waals surface area contributed by atoms with Crippen LogP contribution >= 0.6 is 0 Å². The van der Waals surface area contributed by atoms with E-state index >= 15 is 0 Å². The summed E-state index contributed by atoms with van der Waals surface area (Å²) >= 11 is 0. The third-order valence-electron chi connectivity index (χ3n) is 3.37. The molecule has 3 rings (SSSR count). The van der Waals surface area contributed by atoms with Gasteiger partial charge >= 0.3 is 0 Å². The van der Waals surface area contributed by atoms with Gasteiger partial charge in [-0.05, 0) is 19.1 Å². The number of rotatable bonds is 4. The van der Waals surface area contributed by atoms with Gasteiger partial charge in [-0.2, -0.15) is 10.2 Å². The number of amides is 1. The monoisotopic (exact) mass is 285 g/mol. The number of aromatic nitrogens is 4. The predicted molar refractivity (Wildman–Crippen MR) is 75.4 cm³/mol. The molecule has 1 amide bonds. The third-order valence-corrected chi connectivity index (χ3v) is 3.37. The van der Waals surface area contributed by atoms with Gasteiger partial charge in [0.2, 0.25) is 0 Å². The molecular formula is C14H15N5O2. The van der Waals surface area contributed by atoms with Gasteiger partial charge in [-0.15, -0.1) is 0 Å². The zero-order valence-electron chi connectivity index (χ0n) is 11.8. The van der Waals surface area contributed by atoms with Crippen LogP contribution in [0.2, 0.25) is 0 Å². The van der Waals surface area contributed by atoms with E-state index in [2.05, 4.69) is 20.6 Å². The largest absolute Gasteiger partial charge is 0.463 e. The second-order valence-electron chi connectivity index (χ2n) is 4.71. The highest BCUT2D eigenvalue weighted by molar-refractivity contribution is 5.93. The Labute approximate surface area is 121 Å². The van der Waals surface area contributed by atoms with Gasteiger partial charge in [-0.25, -0.2) is 0 Å². The van der Waals surface area contributed by atoms with Gasteiger partial charge in [0, 0.05) is 30.9 Å². The number of H-pyrrole nitrogens is 1. The van der Waals surface area contributed by atoms with Crippen molar-refractivity contribution in [2.75, 3.05) is 0 Å². The van der Waals surface area contributed by atoms with Crippen LogP contribution in [-0.2, 0) is 13.6 Å². The molecule has 0 bridgehead atoms. The summed E-state index contributed by atoms with van der Waals surface area (Å²) in [6, 6.07) is 5.24. The number of hydrogen-bond donors (Lipinski definition) is 2. The zero-order chi connectivity index (χ0) is 14.8. The van der Waals surface area contributed by atoms with Crippen molar-refractivity contribution in [3.63, 3.8) is 0 Å². The maximum Gasteiger partial charge on any atom is 0.272 e. The number of nitrogens with zero attached hydrogens (tertiary/aromatic N) is 3. The smallest absolute Gasteiger partial charge is 0.272 e. The van der Waals surface area contributed by atoms with E-state index in [4.69, 9.17) is 4.42 Å². The Morgan fingerprint density at radius 1 is 1.52 bits per heavy atom. The molecule has 0 aliphatic heterocycles. The van der Waals surface area contributed by atoms with Crippen molar-refractivity contribution in [3.05, 3.63) is 47.6 Å². The Hall–Kier alpha value is -2.83. The van der Waals surface area contributed by atoms with Crippen molar-refractivity contribution in [1.29, 1.82) is 0 Å². The zero-order valence-corrected chi connectivity index (χ0v) is 11.8. The van der Waals surface area contributed by atoms with Crippen LogP contribution in [0.5, 0.6) is 0 Å². The fourth-order valence-corrected chi connectivity index (χ4v) is 1.98. The lowest BCUT2D eigenvalue weighted by molar-refractivity contribution is 0.0946. The van der Waals surface area contributed by atoms with Crippen LogP contribution in [0.25, 0.3) is 11.5 Å². The molecule has 0 aromatic carbocycles. The summed E-state index contributed by atoms with van der Waals surface area (Å²) in [5.74, 6) is 0.400. The van der Waals surface area contributed by atoms with Gasteiger partial charge in [-0.1, -0.05) is 0 Å². The van der Waals surface area contributed by atoms with Gasteiger partial charge in [0.25, 0.3) is 5.91 Å². The van der Waals surface area contributed by atoms with E-state index < -0.39 is 0 Å². The highest BCUT2D eigenvalue weighted by Crippen LogP contribution is 2.17. The number of nitrogens with one attached hydrogen (secondary N) is 2. The Balaban J connectivity index is 1.67. The summed E-state index contributed by atoms with van der Waals surface area (Å²) in [6.07, 6.45) is 3.32. The molecule has 7 nitrogen and oxygen atoms in total. The van der Waals surface area contributed by atoms with Crippen LogP contribution in [0.3, 0.4) is 0 Å². The summed E-state index contributed by atoms with van der Waals surface area (Å²) < 4.78 is 7.02. The molecule has 3 aromatic heterocycles. The molecule has 0 aliphatic carbocycles. The maximum absolute atomic E-state index is 12.1. The molecule has 3 heterocycles. The summed E-state index contributed by atoms with van der Waals surface area (Å²) in [6.45, 7) is 2.37. The SMILES string of the molecule is Cc1c(CNC(=O)c2cc(-c3ccco3)[nH]n2)cnn1C. The summed E-state index contributed by atoms with van der Waals surface area (Å²) in [7, 11) is 1.87. The van der Waals surface area contributed by atoms with Gasteiger partial charge in [0.15, 0.2) is 11.5 Å². The van der Waals surface area contributed by atoms with Gasteiger partial charge < -0.3 is 9.73 Å². The highest BCUT2D eigenvalue weighted by Gasteiger charge is 2.13. The average Bonchev–Trinajstić information content (AvgIpc) is 3.19. The van der Waals surface area contributed by atoms with E-state index in [1.165, 1.54) is 0 Å². The Morgan fingerprint density at radius 2 is 2.38 bits per heavy atom. The van der Waals surface area contributed by atoms with Crippen molar-refractivity contribution >= 4 is 5.91 Å². The van der Waals surface area contributed by atoms with Crippen molar-refractivity contribution in [3.8, 4) is 11.5 Å². The summed E-state index contributed by atoms with van der Waals surface area (Å²) in [5, 5.41) is 13.7. The van der Waals surface area contributed by atoms with Crippen LogP contribution in [0.4, 0.5) is 0 Å². The first kappa shape index (κ1) is 13.2. The Bertz CT molecular complexity index is 754. The number of furan rings is 1. The fraction of sp³-hybridized carbons (Fsp3) is 0.214. The first-order valence-corrected chi connectivity index (χ1v) is 6.50. The van der Waals surface area contributed by atoms with E-state index in [0.29, 0.717) is 23.7 Å². The minimum atomic E-state index is -0.243. The van der Waals surface area contributed by atoms with E-state index in [1.807, 2.05) is 14.0 Å². The molecule has 2 N–H and O–H groups in total. The number of aromatic amines is 1.